The van der Waals surface area contributed by atoms with Gasteiger partial charge in [-0.05, 0) is 60.4 Å². The molecule has 0 aliphatic rings. The topological polar surface area (TPSA) is 79.1 Å². The van der Waals surface area contributed by atoms with Gasteiger partial charge in [0.25, 0.3) is 5.56 Å². The quantitative estimate of drug-likeness (QED) is 0.225. The first-order valence-electron chi connectivity index (χ1n) is 11.0. The number of nitrogens with zero attached hydrogens (tertiary/aromatic N) is 4. The van der Waals surface area contributed by atoms with Crippen LogP contribution in [0.15, 0.2) is 71.0 Å². The third kappa shape index (κ3) is 6.61. The van der Waals surface area contributed by atoms with Gasteiger partial charge in [0.05, 0.1) is 7.11 Å². The van der Waals surface area contributed by atoms with Crippen LogP contribution in [-0.4, -0.2) is 32.4 Å². The van der Waals surface area contributed by atoms with Gasteiger partial charge in [0.1, 0.15) is 11.5 Å². The van der Waals surface area contributed by atoms with Crippen molar-refractivity contribution in [2.45, 2.75) is 24.9 Å². The molecule has 0 fully saturated rings. The van der Waals surface area contributed by atoms with E-state index in [2.05, 4.69) is 15.0 Å². The molecule has 0 spiro atoms. The molecule has 2 aromatic carbocycles. The lowest BCUT2D eigenvalue weighted by Crippen LogP contribution is -2.18. The zero-order chi connectivity index (χ0) is 24.8. The Morgan fingerprint density at radius 2 is 1.74 bits per heavy atom. The van der Waals surface area contributed by atoms with Crippen LogP contribution in [0.5, 0.6) is 17.5 Å². The predicted molar refractivity (Wildman–Crippen MR) is 138 cm³/mol. The fourth-order valence-corrected chi connectivity index (χ4v) is 4.44. The summed E-state index contributed by atoms with van der Waals surface area (Å²) in [7, 11) is 3.41. The number of methoxy groups -OCH3 is 1. The van der Waals surface area contributed by atoms with E-state index in [-0.39, 0.29) is 5.56 Å². The van der Waals surface area contributed by atoms with Crippen LogP contribution >= 0.6 is 23.4 Å². The summed E-state index contributed by atoms with van der Waals surface area (Å²) >= 11 is 7.63. The number of hydrogen-bond acceptors (Lipinski definition) is 7. The third-order valence-electron chi connectivity index (χ3n) is 5.29. The van der Waals surface area contributed by atoms with Gasteiger partial charge in [-0.3, -0.25) is 4.79 Å². The predicted octanol–water partition coefficient (Wildman–Crippen LogP) is 5.26. The van der Waals surface area contributed by atoms with Crippen molar-refractivity contribution in [1.82, 2.24) is 19.5 Å². The zero-order valence-corrected chi connectivity index (χ0v) is 21.3. The summed E-state index contributed by atoms with van der Waals surface area (Å²) in [6, 6.07) is 13.9. The van der Waals surface area contributed by atoms with Crippen LogP contribution in [0.4, 0.5) is 0 Å². The van der Waals surface area contributed by atoms with Crippen molar-refractivity contribution in [3.05, 3.63) is 98.7 Å². The summed E-state index contributed by atoms with van der Waals surface area (Å²) in [6.45, 7) is 1.95. The minimum Gasteiger partial charge on any atom is -0.467 e. The van der Waals surface area contributed by atoms with Crippen molar-refractivity contribution < 1.29 is 9.47 Å². The standard InChI is InChI=1S/C26H25ClN4O3S/c1-17-12-22(8-9-23(17)27)34-21-6-4-18(5-7-21)10-11-35-26-30-24(32)20(16-31(26)2)13-19-14-28-25(33-3)29-15-19/h4-9,12,14-16H,10-11,13H2,1-3H3. The van der Waals surface area contributed by atoms with Crippen LogP contribution in [-0.2, 0) is 19.9 Å². The maximum atomic E-state index is 12.6. The molecule has 0 bridgehead atoms. The first kappa shape index (κ1) is 24.8. The number of thioether (sulfide) groups is 1. The van der Waals surface area contributed by atoms with E-state index in [1.165, 1.54) is 12.7 Å². The smallest absolute Gasteiger partial charge is 0.316 e. The Morgan fingerprint density at radius 1 is 1.03 bits per heavy atom. The molecule has 0 amide bonds. The van der Waals surface area contributed by atoms with Crippen LogP contribution in [0.2, 0.25) is 5.02 Å². The van der Waals surface area contributed by atoms with E-state index in [0.29, 0.717) is 23.2 Å². The maximum Gasteiger partial charge on any atom is 0.316 e. The molecule has 0 aliphatic carbocycles. The summed E-state index contributed by atoms with van der Waals surface area (Å²) in [5.74, 6) is 2.32. The van der Waals surface area contributed by atoms with Gasteiger partial charge in [-0.2, -0.15) is 4.98 Å². The fourth-order valence-electron chi connectivity index (χ4n) is 3.40. The van der Waals surface area contributed by atoms with Crippen molar-refractivity contribution >= 4 is 23.4 Å². The van der Waals surface area contributed by atoms with Crippen molar-refractivity contribution in [3.63, 3.8) is 0 Å². The number of ether oxygens (including phenoxy) is 2. The second kappa shape index (κ2) is 11.4. The van der Waals surface area contributed by atoms with E-state index in [9.17, 15) is 4.79 Å². The second-order valence-corrected chi connectivity index (χ2v) is 9.44. The largest absolute Gasteiger partial charge is 0.467 e. The van der Waals surface area contributed by atoms with Gasteiger partial charge >= 0.3 is 6.01 Å². The van der Waals surface area contributed by atoms with Crippen molar-refractivity contribution in [2.75, 3.05) is 12.9 Å². The SMILES string of the molecule is COc1ncc(Cc2cn(C)c(SCCc3ccc(Oc4ccc(Cl)c(C)c4)cc3)nc2=O)cn1. The molecular weight excluding hydrogens is 484 g/mol. The maximum absolute atomic E-state index is 12.6. The number of aryl methyl sites for hydroxylation is 3. The molecular formula is C26H25ClN4O3S. The lowest BCUT2D eigenvalue weighted by Gasteiger charge is -2.10. The molecule has 2 aromatic heterocycles. The highest BCUT2D eigenvalue weighted by atomic mass is 35.5. The van der Waals surface area contributed by atoms with Crippen molar-refractivity contribution in [3.8, 4) is 17.5 Å². The molecule has 180 valence electrons. The van der Waals surface area contributed by atoms with E-state index in [4.69, 9.17) is 21.1 Å². The molecule has 9 heteroatoms. The van der Waals surface area contributed by atoms with Gasteiger partial charge in [-0.15, -0.1) is 0 Å². The molecule has 4 rings (SSSR count). The molecule has 0 unspecified atom stereocenters. The molecule has 0 N–H and O–H groups in total. The molecule has 0 saturated carbocycles. The van der Waals surface area contributed by atoms with Crippen LogP contribution in [0.3, 0.4) is 0 Å². The third-order valence-corrected chi connectivity index (χ3v) is 6.76. The Bertz CT molecular complexity index is 1360. The molecule has 0 atom stereocenters. The Hall–Kier alpha value is -3.36. The first-order valence-corrected chi connectivity index (χ1v) is 12.3. The summed E-state index contributed by atoms with van der Waals surface area (Å²) < 4.78 is 12.8. The summed E-state index contributed by atoms with van der Waals surface area (Å²) in [4.78, 5) is 25.0. The van der Waals surface area contributed by atoms with Crippen molar-refractivity contribution in [2.24, 2.45) is 7.05 Å². The van der Waals surface area contributed by atoms with E-state index in [0.717, 1.165) is 39.8 Å². The normalized spacial score (nSPS) is 10.9. The highest BCUT2D eigenvalue weighted by Gasteiger charge is 2.09. The molecule has 2 heterocycles. The van der Waals surface area contributed by atoms with E-state index in [1.807, 2.05) is 67.2 Å². The van der Waals surface area contributed by atoms with Crippen LogP contribution in [0.25, 0.3) is 0 Å². The minimum atomic E-state index is -0.236. The number of benzene rings is 2. The molecule has 35 heavy (non-hydrogen) atoms. The van der Waals surface area contributed by atoms with Gasteiger partial charge in [0.15, 0.2) is 5.16 Å². The number of hydrogen-bond donors (Lipinski definition) is 0. The average Bonchev–Trinajstić information content (AvgIpc) is 2.86. The number of aromatic nitrogens is 4. The summed E-state index contributed by atoms with van der Waals surface area (Å²) in [6.07, 6.45) is 6.39. The molecule has 0 aliphatic heterocycles. The first-order chi connectivity index (χ1) is 16.9. The van der Waals surface area contributed by atoms with Crippen LogP contribution < -0.4 is 15.0 Å². The van der Waals surface area contributed by atoms with Gasteiger partial charge in [-0.25, -0.2) is 9.97 Å². The monoisotopic (exact) mass is 508 g/mol. The van der Waals surface area contributed by atoms with Gasteiger partial charge < -0.3 is 14.0 Å². The highest BCUT2D eigenvalue weighted by molar-refractivity contribution is 7.99. The lowest BCUT2D eigenvalue weighted by molar-refractivity contribution is 0.379. The minimum absolute atomic E-state index is 0.236. The van der Waals surface area contributed by atoms with Gasteiger partial charge in [0, 0.05) is 48.4 Å². The van der Waals surface area contributed by atoms with Crippen LogP contribution in [0.1, 0.15) is 22.3 Å². The molecule has 7 nitrogen and oxygen atoms in total. The van der Waals surface area contributed by atoms with Gasteiger partial charge in [-0.1, -0.05) is 35.5 Å². The molecule has 0 radical (unpaired) electrons. The lowest BCUT2D eigenvalue weighted by atomic mass is 10.1. The summed E-state index contributed by atoms with van der Waals surface area (Å²) in [5, 5.41) is 1.40. The Morgan fingerprint density at radius 3 is 2.43 bits per heavy atom. The second-order valence-electron chi connectivity index (χ2n) is 7.98. The fraction of sp³-hybridized carbons (Fsp3) is 0.231. The zero-order valence-electron chi connectivity index (χ0n) is 19.7. The Kier molecular flexibility index (Phi) is 8.05. The number of rotatable bonds is 9. The van der Waals surface area contributed by atoms with E-state index in [1.54, 1.807) is 24.2 Å². The summed E-state index contributed by atoms with van der Waals surface area (Å²) in [5.41, 5.74) is 3.34. The number of halogens is 1. The average molecular weight is 509 g/mol. The molecule has 4 aromatic rings. The Balaban J connectivity index is 1.32. The molecule has 0 saturated heterocycles. The van der Waals surface area contributed by atoms with Gasteiger partial charge in [0.2, 0.25) is 0 Å². The van der Waals surface area contributed by atoms with E-state index < -0.39 is 0 Å². The van der Waals surface area contributed by atoms with E-state index >= 15 is 0 Å². The van der Waals surface area contributed by atoms with Crippen molar-refractivity contribution in [1.29, 1.82) is 0 Å². The Labute approximate surface area is 213 Å². The van der Waals surface area contributed by atoms with Crippen LogP contribution in [0, 0.1) is 6.92 Å². The highest BCUT2D eigenvalue weighted by Crippen LogP contribution is 2.26.